The van der Waals surface area contributed by atoms with Gasteiger partial charge in [-0.1, -0.05) is 0 Å². The van der Waals surface area contributed by atoms with Crippen molar-refractivity contribution < 1.29 is 4.79 Å². The van der Waals surface area contributed by atoms with Gasteiger partial charge >= 0.3 is 0 Å². The van der Waals surface area contributed by atoms with Crippen molar-refractivity contribution >= 4 is 5.91 Å². The molecular weight excluding hydrogens is 206 g/mol. The van der Waals surface area contributed by atoms with E-state index in [1.165, 1.54) is 6.33 Å². The predicted octanol–water partition coefficient (Wildman–Crippen LogP) is -0.513. The third-order valence-electron chi connectivity index (χ3n) is 2.67. The Labute approximate surface area is 94.6 Å². The molecule has 2 atom stereocenters. The maximum atomic E-state index is 12.0. The van der Waals surface area contributed by atoms with Gasteiger partial charge in [0.1, 0.15) is 19.2 Å². The fraction of sp³-hybridized carbons (Fsp3) is 0.700. The Morgan fingerprint density at radius 3 is 2.69 bits per heavy atom. The first-order valence-electron chi connectivity index (χ1n) is 5.51. The number of aromatic nitrogens is 3. The third-order valence-corrected chi connectivity index (χ3v) is 2.67. The maximum absolute atomic E-state index is 12.0. The molecule has 0 spiro atoms. The number of amides is 1. The molecule has 1 fully saturated rings. The maximum Gasteiger partial charge on any atom is 0.244 e. The molecule has 1 aromatic rings. The first-order valence-corrected chi connectivity index (χ1v) is 5.51. The van der Waals surface area contributed by atoms with E-state index in [-0.39, 0.29) is 12.5 Å². The summed E-state index contributed by atoms with van der Waals surface area (Å²) in [5, 5.41) is 7.33. The van der Waals surface area contributed by atoms with Crippen molar-refractivity contribution in [1.29, 1.82) is 0 Å². The normalized spacial score (nSPS) is 25.8. The minimum absolute atomic E-state index is 0.103. The molecule has 2 heterocycles. The van der Waals surface area contributed by atoms with Crippen LogP contribution in [-0.4, -0.2) is 50.7 Å². The monoisotopic (exact) mass is 223 g/mol. The standard InChI is InChI=1S/C10H17N5O/c1-8-3-14(4-9(2)13-8)10(16)5-15-7-11-6-12-15/h6-9,13H,3-5H2,1-2H3. The second kappa shape index (κ2) is 4.61. The average molecular weight is 223 g/mol. The van der Waals surface area contributed by atoms with Gasteiger partial charge in [0.2, 0.25) is 5.91 Å². The summed E-state index contributed by atoms with van der Waals surface area (Å²) in [6, 6.07) is 0.701. The highest BCUT2D eigenvalue weighted by Gasteiger charge is 2.24. The van der Waals surface area contributed by atoms with Gasteiger partial charge in [-0.3, -0.25) is 4.79 Å². The van der Waals surface area contributed by atoms with Gasteiger partial charge in [0.25, 0.3) is 0 Å². The minimum atomic E-state index is 0.103. The topological polar surface area (TPSA) is 63.1 Å². The lowest BCUT2D eigenvalue weighted by molar-refractivity contribution is -0.133. The molecule has 1 saturated heterocycles. The van der Waals surface area contributed by atoms with E-state index in [2.05, 4.69) is 29.2 Å². The molecular formula is C10H17N5O. The Morgan fingerprint density at radius 1 is 1.44 bits per heavy atom. The van der Waals surface area contributed by atoms with Crippen molar-refractivity contribution in [2.24, 2.45) is 0 Å². The number of rotatable bonds is 2. The van der Waals surface area contributed by atoms with Crippen LogP contribution in [0.4, 0.5) is 0 Å². The summed E-state index contributed by atoms with van der Waals surface area (Å²) in [4.78, 5) is 17.7. The number of nitrogens with zero attached hydrogens (tertiary/aromatic N) is 4. The zero-order valence-electron chi connectivity index (χ0n) is 9.63. The van der Waals surface area contributed by atoms with E-state index >= 15 is 0 Å². The van der Waals surface area contributed by atoms with Crippen molar-refractivity contribution in [3.05, 3.63) is 12.7 Å². The summed E-state index contributed by atoms with van der Waals surface area (Å²) in [5.41, 5.74) is 0. The molecule has 6 nitrogen and oxygen atoms in total. The van der Waals surface area contributed by atoms with Gasteiger partial charge in [-0.25, -0.2) is 9.67 Å². The van der Waals surface area contributed by atoms with E-state index in [1.54, 1.807) is 11.0 Å². The minimum Gasteiger partial charge on any atom is -0.338 e. The molecule has 1 aliphatic heterocycles. The van der Waals surface area contributed by atoms with Crippen LogP contribution in [-0.2, 0) is 11.3 Å². The Bertz CT molecular complexity index is 340. The van der Waals surface area contributed by atoms with Crippen LogP contribution in [0.25, 0.3) is 0 Å². The molecule has 0 radical (unpaired) electrons. The largest absolute Gasteiger partial charge is 0.338 e. The fourth-order valence-corrected chi connectivity index (χ4v) is 2.08. The van der Waals surface area contributed by atoms with E-state index < -0.39 is 0 Å². The highest BCUT2D eigenvalue weighted by atomic mass is 16.2. The highest BCUT2D eigenvalue weighted by molar-refractivity contribution is 5.76. The molecule has 1 aromatic heterocycles. The zero-order chi connectivity index (χ0) is 11.5. The molecule has 0 aromatic carbocycles. The van der Waals surface area contributed by atoms with Crippen LogP contribution in [0.3, 0.4) is 0 Å². The van der Waals surface area contributed by atoms with E-state index in [0.29, 0.717) is 12.1 Å². The highest BCUT2D eigenvalue weighted by Crippen LogP contribution is 2.05. The van der Waals surface area contributed by atoms with Crippen molar-refractivity contribution in [2.75, 3.05) is 13.1 Å². The summed E-state index contributed by atoms with van der Waals surface area (Å²) >= 11 is 0. The molecule has 2 unspecified atom stereocenters. The summed E-state index contributed by atoms with van der Waals surface area (Å²) in [7, 11) is 0. The van der Waals surface area contributed by atoms with Crippen molar-refractivity contribution in [3.63, 3.8) is 0 Å². The van der Waals surface area contributed by atoms with Crippen LogP contribution in [0, 0.1) is 0 Å². The van der Waals surface area contributed by atoms with Crippen LogP contribution in [0.2, 0.25) is 0 Å². The SMILES string of the molecule is CC1CN(C(=O)Cn2cncn2)CC(C)N1. The summed E-state index contributed by atoms with van der Waals surface area (Å²) in [5.74, 6) is 0.103. The predicted molar refractivity (Wildman–Crippen MR) is 58.7 cm³/mol. The van der Waals surface area contributed by atoms with Gasteiger partial charge in [0, 0.05) is 25.2 Å². The molecule has 6 heteroatoms. The van der Waals surface area contributed by atoms with E-state index in [4.69, 9.17) is 0 Å². The molecule has 1 amide bonds. The number of carbonyl (C=O) groups excluding carboxylic acids is 1. The quantitative estimate of drug-likeness (QED) is 0.733. The lowest BCUT2D eigenvalue weighted by Gasteiger charge is -2.36. The Morgan fingerprint density at radius 2 is 2.12 bits per heavy atom. The summed E-state index contributed by atoms with van der Waals surface area (Å²) < 4.78 is 1.56. The Kier molecular flexibility index (Phi) is 3.19. The van der Waals surface area contributed by atoms with Gasteiger partial charge in [-0.05, 0) is 13.8 Å². The van der Waals surface area contributed by atoms with E-state index in [0.717, 1.165) is 13.1 Å². The Hall–Kier alpha value is -1.43. The van der Waals surface area contributed by atoms with Crippen molar-refractivity contribution in [3.8, 4) is 0 Å². The third kappa shape index (κ3) is 2.57. The molecule has 88 valence electrons. The first-order chi connectivity index (χ1) is 7.65. The number of piperazine rings is 1. The molecule has 1 aliphatic rings. The van der Waals surface area contributed by atoms with Gasteiger partial charge in [-0.2, -0.15) is 5.10 Å². The number of carbonyl (C=O) groups is 1. The van der Waals surface area contributed by atoms with Crippen LogP contribution in [0.5, 0.6) is 0 Å². The van der Waals surface area contributed by atoms with Crippen LogP contribution >= 0.6 is 0 Å². The molecule has 16 heavy (non-hydrogen) atoms. The second-order valence-electron chi connectivity index (χ2n) is 4.36. The molecule has 0 aliphatic carbocycles. The fourth-order valence-electron chi connectivity index (χ4n) is 2.08. The molecule has 2 rings (SSSR count). The average Bonchev–Trinajstić information content (AvgIpc) is 2.68. The molecule has 1 N–H and O–H groups in total. The van der Waals surface area contributed by atoms with Gasteiger partial charge < -0.3 is 10.2 Å². The number of hydrogen-bond acceptors (Lipinski definition) is 4. The first kappa shape index (κ1) is 11.1. The lowest BCUT2D eigenvalue weighted by atomic mass is 10.1. The van der Waals surface area contributed by atoms with Gasteiger partial charge in [0.15, 0.2) is 0 Å². The van der Waals surface area contributed by atoms with Crippen LogP contribution in [0.15, 0.2) is 12.7 Å². The second-order valence-corrected chi connectivity index (χ2v) is 4.36. The zero-order valence-corrected chi connectivity index (χ0v) is 9.63. The van der Waals surface area contributed by atoms with Crippen molar-refractivity contribution in [1.82, 2.24) is 25.0 Å². The van der Waals surface area contributed by atoms with Gasteiger partial charge in [0.05, 0.1) is 0 Å². The number of nitrogens with one attached hydrogen (secondary N) is 1. The smallest absolute Gasteiger partial charge is 0.244 e. The van der Waals surface area contributed by atoms with Crippen LogP contribution in [0.1, 0.15) is 13.8 Å². The summed E-state index contributed by atoms with van der Waals surface area (Å²) in [6.07, 6.45) is 3.00. The van der Waals surface area contributed by atoms with E-state index in [1.807, 2.05) is 4.90 Å². The Balaban J connectivity index is 1.94. The van der Waals surface area contributed by atoms with Crippen molar-refractivity contribution in [2.45, 2.75) is 32.5 Å². The molecule has 0 bridgehead atoms. The summed E-state index contributed by atoms with van der Waals surface area (Å²) in [6.45, 7) is 5.98. The lowest BCUT2D eigenvalue weighted by Crippen LogP contribution is -2.56. The van der Waals surface area contributed by atoms with E-state index in [9.17, 15) is 4.79 Å². The number of hydrogen-bond donors (Lipinski definition) is 1. The molecule has 0 saturated carbocycles. The van der Waals surface area contributed by atoms with Crippen LogP contribution < -0.4 is 5.32 Å². The van der Waals surface area contributed by atoms with Gasteiger partial charge in [-0.15, -0.1) is 0 Å².